The van der Waals surface area contributed by atoms with E-state index in [1.165, 1.54) is 4.90 Å². The summed E-state index contributed by atoms with van der Waals surface area (Å²) in [4.78, 5) is 23.3. The summed E-state index contributed by atoms with van der Waals surface area (Å²) >= 11 is 7.03. The van der Waals surface area contributed by atoms with E-state index >= 15 is 4.39 Å². The van der Waals surface area contributed by atoms with E-state index in [0.717, 1.165) is 27.4 Å². The molecule has 7 rings (SSSR count). The molecule has 248 valence electrons. The van der Waals surface area contributed by atoms with Crippen LogP contribution in [-0.2, 0) is 4.79 Å². The van der Waals surface area contributed by atoms with Gasteiger partial charge in [0, 0.05) is 47.6 Å². The second-order valence-electron chi connectivity index (χ2n) is 13.6. The second kappa shape index (κ2) is 11.5. The molecule has 1 N–H and O–H groups in total. The minimum absolute atomic E-state index is 0.0291. The zero-order chi connectivity index (χ0) is 34.2. The molecule has 13 heteroatoms. The van der Waals surface area contributed by atoms with Crippen LogP contribution in [0.1, 0.15) is 43.4 Å². The largest absolute Gasteiger partial charge is 0.352 e. The fraction of sp³-hybridized carbons (Fsp3) is 0.400. The summed E-state index contributed by atoms with van der Waals surface area (Å²) in [5, 5.41) is 23.9. The standard InChI is InChI=1S/C35H36ClF2N9O/c1-18-11-27-24(14-40-43-27)28(19(18)2)29-26(36)13-23-31(30(29)38)42-33(45-16-35(4,17-45)44(5)6)25-15-41-47(32(23)25)22-8-10-46(34(48)20(3)37)21(12-22)7-9-39/h11,13-15,21-22H,3,7-8,10,12,16-17H2,1-2,4-6H3,(H,40,43)/t21-,22+/m1/s1. The van der Waals surface area contributed by atoms with Crippen LogP contribution in [0.4, 0.5) is 14.6 Å². The number of likely N-dealkylation sites (N-methyl/N-ethyl adjacent to an activating group) is 1. The van der Waals surface area contributed by atoms with Gasteiger partial charge in [-0.3, -0.25) is 14.6 Å². The Morgan fingerprint density at radius 1 is 1.21 bits per heavy atom. The molecule has 0 aliphatic carbocycles. The van der Waals surface area contributed by atoms with Crippen LogP contribution in [0.15, 0.2) is 36.9 Å². The number of amides is 1. The molecule has 0 bridgehead atoms. The molecule has 0 radical (unpaired) electrons. The van der Waals surface area contributed by atoms with Gasteiger partial charge in [0.25, 0.3) is 5.91 Å². The molecular weight excluding hydrogens is 636 g/mol. The van der Waals surface area contributed by atoms with Gasteiger partial charge >= 0.3 is 0 Å². The first kappa shape index (κ1) is 32.0. The van der Waals surface area contributed by atoms with Crippen LogP contribution < -0.4 is 4.90 Å². The first-order valence-electron chi connectivity index (χ1n) is 15.9. The normalized spacial score (nSPS) is 19.3. The molecular formula is C35H36ClF2N9O. The summed E-state index contributed by atoms with van der Waals surface area (Å²) < 4.78 is 33.0. The molecule has 3 aromatic heterocycles. The molecule has 0 unspecified atom stereocenters. The number of halogens is 3. The van der Waals surface area contributed by atoms with Crippen LogP contribution in [0, 0.1) is 31.0 Å². The summed E-state index contributed by atoms with van der Waals surface area (Å²) in [6.45, 7) is 10.9. The molecule has 2 aliphatic heterocycles. The summed E-state index contributed by atoms with van der Waals surface area (Å²) in [6.07, 6.45) is 4.28. The Morgan fingerprint density at radius 3 is 2.65 bits per heavy atom. The van der Waals surface area contributed by atoms with Gasteiger partial charge in [0.2, 0.25) is 0 Å². The number of pyridine rings is 1. The van der Waals surface area contributed by atoms with Crippen molar-refractivity contribution >= 4 is 56.0 Å². The van der Waals surface area contributed by atoms with E-state index in [9.17, 15) is 14.4 Å². The van der Waals surface area contributed by atoms with Crippen LogP contribution in [-0.4, -0.2) is 86.0 Å². The Balaban J connectivity index is 1.44. The van der Waals surface area contributed by atoms with Crippen LogP contribution in [0.3, 0.4) is 0 Å². The molecule has 10 nitrogen and oxygen atoms in total. The van der Waals surface area contributed by atoms with Crippen molar-refractivity contribution in [3.8, 4) is 17.2 Å². The van der Waals surface area contributed by atoms with Crippen LogP contribution >= 0.6 is 11.6 Å². The van der Waals surface area contributed by atoms with E-state index in [4.69, 9.17) is 21.7 Å². The van der Waals surface area contributed by atoms with E-state index in [1.54, 1.807) is 18.5 Å². The number of carbonyl (C=O) groups excluding carboxylic acids is 1. The maximum atomic E-state index is 17.2. The van der Waals surface area contributed by atoms with E-state index in [-0.39, 0.29) is 40.6 Å². The lowest BCUT2D eigenvalue weighted by Crippen LogP contribution is -2.67. The van der Waals surface area contributed by atoms with Crippen molar-refractivity contribution in [3.05, 3.63) is 58.9 Å². The second-order valence-corrected chi connectivity index (χ2v) is 14.0. The van der Waals surface area contributed by atoms with E-state index in [0.29, 0.717) is 48.2 Å². The van der Waals surface area contributed by atoms with E-state index in [1.807, 2.05) is 38.7 Å². The van der Waals surface area contributed by atoms with E-state index in [2.05, 4.69) is 39.6 Å². The third-order valence-electron chi connectivity index (χ3n) is 10.5. The Kier molecular flexibility index (Phi) is 7.68. The number of aryl methyl sites for hydroxylation is 1. The van der Waals surface area contributed by atoms with Crippen LogP contribution in [0.2, 0.25) is 5.02 Å². The van der Waals surface area contributed by atoms with Gasteiger partial charge in [-0.2, -0.15) is 15.5 Å². The van der Waals surface area contributed by atoms with Gasteiger partial charge in [-0.25, -0.2) is 13.8 Å². The Morgan fingerprint density at radius 2 is 1.96 bits per heavy atom. The number of rotatable bonds is 6. The number of anilines is 1. The number of nitrogens with zero attached hydrogens (tertiary/aromatic N) is 8. The molecule has 2 aromatic carbocycles. The zero-order valence-electron chi connectivity index (χ0n) is 27.5. The number of fused-ring (bicyclic) bond motifs is 4. The lowest BCUT2D eigenvalue weighted by Gasteiger charge is -2.52. The number of carbonyl (C=O) groups is 1. The SMILES string of the molecule is C=C(F)C(=O)N1CC[C@H](n2ncc3c(N4CC(C)(N(C)C)C4)nc4c(F)c(-c5c(C)c(C)cc6[nH]ncc56)c(Cl)cc4c32)C[C@H]1CC#N. The maximum Gasteiger partial charge on any atom is 0.282 e. The molecule has 0 saturated carbocycles. The smallest absolute Gasteiger partial charge is 0.282 e. The molecule has 2 fully saturated rings. The number of benzene rings is 2. The van der Waals surface area contributed by atoms with E-state index < -0.39 is 23.6 Å². The van der Waals surface area contributed by atoms with Gasteiger partial charge in [-0.05, 0) is 71.0 Å². The fourth-order valence-corrected chi connectivity index (χ4v) is 7.73. The van der Waals surface area contributed by atoms with Gasteiger partial charge < -0.3 is 14.7 Å². The molecule has 5 aromatic rings. The average molecular weight is 672 g/mol. The monoisotopic (exact) mass is 671 g/mol. The predicted molar refractivity (Wildman–Crippen MR) is 183 cm³/mol. The summed E-state index contributed by atoms with van der Waals surface area (Å²) in [5.41, 5.74) is 4.32. The number of piperidine rings is 1. The van der Waals surface area contributed by atoms with Crippen LogP contribution in [0.25, 0.3) is 43.8 Å². The minimum atomic E-state index is -1.06. The first-order chi connectivity index (χ1) is 22.8. The lowest BCUT2D eigenvalue weighted by molar-refractivity contribution is -0.132. The topological polar surface area (TPSA) is 110 Å². The zero-order valence-corrected chi connectivity index (χ0v) is 28.3. The van der Waals surface area contributed by atoms with Gasteiger partial charge in [-0.15, -0.1) is 0 Å². The molecule has 2 atom stereocenters. The number of likely N-dealkylation sites (tertiary alicyclic amines) is 1. The summed E-state index contributed by atoms with van der Waals surface area (Å²) in [6, 6.07) is 5.09. The van der Waals surface area contributed by atoms with Crippen molar-refractivity contribution in [2.24, 2.45) is 0 Å². The Hall–Kier alpha value is -4.60. The molecule has 0 spiro atoms. The number of H-pyrrole nitrogens is 1. The number of aromatic nitrogens is 5. The highest BCUT2D eigenvalue weighted by Gasteiger charge is 2.43. The van der Waals surface area contributed by atoms with Crippen molar-refractivity contribution < 1.29 is 13.6 Å². The number of nitrogens with one attached hydrogen (secondary N) is 1. The lowest BCUT2D eigenvalue weighted by atomic mass is 9.90. The van der Waals surface area contributed by atoms with Crippen molar-refractivity contribution in [1.82, 2.24) is 34.8 Å². The van der Waals surface area contributed by atoms with Gasteiger partial charge in [0.1, 0.15) is 11.3 Å². The van der Waals surface area contributed by atoms with Crippen LogP contribution in [0.5, 0.6) is 0 Å². The minimum Gasteiger partial charge on any atom is -0.352 e. The highest BCUT2D eigenvalue weighted by atomic mass is 35.5. The summed E-state index contributed by atoms with van der Waals surface area (Å²) in [7, 11) is 4.08. The van der Waals surface area contributed by atoms with Crippen molar-refractivity contribution in [2.45, 2.75) is 57.7 Å². The highest BCUT2D eigenvalue weighted by molar-refractivity contribution is 6.35. The summed E-state index contributed by atoms with van der Waals surface area (Å²) in [5.74, 6) is -1.78. The van der Waals surface area contributed by atoms with Gasteiger partial charge in [-0.1, -0.05) is 18.2 Å². The highest BCUT2D eigenvalue weighted by Crippen LogP contribution is 2.45. The molecule has 2 aliphatic rings. The predicted octanol–water partition coefficient (Wildman–Crippen LogP) is 6.61. The first-order valence-corrected chi connectivity index (χ1v) is 16.3. The molecule has 2 saturated heterocycles. The fourth-order valence-electron chi connectivity index (χ4n) is 7.44. The van der Waals surface area contributed by atoms with Crippen molar-refractivity contribution in [1.29, 1.82) is 5.26 Å². The molecule has 48 heavy (non-hydrogen) atoms. The van der Waals surface area contributed by atoms with Crippen molar-refractivity contribution in [3.63, 3.8) is 0 Å². The number of hydrogen-bond donors (Lipinski definition) is 1. The number of hydrogen-bond acceptors (Lipinski definition) is 7. The number of aromatic amines is 1. The third-order valence-corrected chi connectivity index (χ3v) is 10.8. The van der Waals surface area contributed by atoms with Gasteiger partial charge in [0.15, 0.2) is 11.6 Å². The molecule has 5 heterocycles. The van der Waals surface area contributed by atoms with Crippen molar-refractivity contribution in [2.75, 3.05) is 38.6 Å². The Bertz CT molecular complexity index is 2190. The average Bonchev–Trinajstić information content (AvgIpc) is 3.68. The number of nitriles is 1. The van der Waals surface area contributed by atoms with Gasteiger partial charge in [0.05, 0.1) is 57.9 Å². The molecule has 1 amide bonds. The third kappa shape index (κ3) is 4.82. The quantitative estimate of drug-likeness (QED) is 0.202. The Labute approximate surface area is 281 Å². The maximum absolute atomic E-state index is 17.2.